The summed E-state index contributed by atoms with van der Waals surface area (Å²) in [5.41, 5.74) is 1.28. The van der Waals surface area contributed by atoms with Gasteiger partial charge in [0, 0.05) is 16.8 Å². The van der Waals surface area contributed by atoms with Gasteiger partial charge in [0.1, 0.15) is 17.2 Å². The molecular formula is C21H19N3O3S. The Hall–Kier alpha value is -3.32. The van der Waals surface area contributed by atoms with Crippen molar-refractivity contribution >= 4 is 23.0 Å². The smallest absolute Gasteiger partial charge is 0.200 e. The van der Waals surface area contributed by atoms with Gasteiger partial charge in [0.25, 0.3) is 0 Å². The predicted octanol–water partition coefficient (Wildman–Crippen LogP) is 4.95. The molecule has 0 aliphatic carbocycles. The number of aromatic amines is 1. The number of hydrogen-bond donors (Lipinski definition) is 3. The molecule has 0 fully saturated rings. The van der Waals surface area contributed by atoms with Crippen LogP contribution in [0.3, 0.4) is 0 Å². The van der Waals surface area contributed by atoms with Gasteiger partial charge in [-0.3, -0.25) is 9.67 Å². The minimum atomic E-state index is -0.0811. The fourth-order valence-electron chi connectivity index (χ4n) is 3.21. The van der Waals surface area contributed by atoms with Gasteiger partial charge in [0.05, 0.1) is 17.9 Å². The van der Waals surface area contributed by atoms with E-state index < -0.39 is 0 Å². The summed E-state index contributed by atoms with van der Waals surface area (Å²) in [6, 6.07) is 16.1. The average molecular weight is 393 g/mol. The first kappa shape index (κ1) is 18.1. The zero-order chi connectivity index (χ0) is 19.7. The molecule has 0 bridgehead atoms. The molecule has 1 aromatic heterocycles. The molecule has 0 saturated carbocycles. The van der Waals surface area contributed by atoms with Crippen molar-refractivity contribution in [3.8, 4) is 34.3 Å². The lowest BCUT2D eigenvalue weighted by Gasteiger charge is -2.14. The van der Waals surface area contributed by atoms with Gasteiger partial charge in [-0.05, 0) is 42.9 Å². The standard InChI is InChI=1S/C21H19N3O3S/c1-2-11-27-19-8-4-5-14-15(19)6-3-7-17(14)24-20(22-23-21(24)28)16-10-9-13(25)12-18(16)26/h3-10,12,25-26H,2,11H2,1H3,(H,23,28). The number of phenolic OH excluding ortho intramolecular Hbond substituents is 2. The number of ether oxygens (including phenoxy) is 1. The first-order valence-electron chi connectivity index (χ1n) is 8.95. The number of hydrogen-bond acceptors (Lipinski definition) is 5. The van der Waals surface area contributed by atoms with Crippen molar-refractivity contribution in [1.29, 1.82) is 0 Å². The Morgan fingerprint density at radius 3 is 2.64 bits per heavy atom. The monoisotopic (exact) mass is 393 g/mol. The topological polar surface area (TPSA) is 83.3 Å². The van der Waals surface area contributed by atoms with Crippen LogP contribution in [0.4, 0.5) is 0 Å². The van der Waals surface area contributed by atoms with E-state index in [4.69, 9.17) is 17.0 Å². The van der Waals surface area contributed by atoms with E-state index in [1.54, 1.807) is 10.6 Å². The van der Waals surface area contributed by atoms with Crippen LogP contribution in [0.15, 0.2) is 54.6 Å². The van der Waals surface area contributed by atoms with E-state index in [2.05, 4.69) is 17.1 Å². The molecule has 0 amide bonds. The molecule has 0 unspecified atom stereocenters. The molecule has 0 radical (unpaired) electrons. The summed E-state index contributed by atoms with van der Waals surface area (Å²) in [5, 5.41) is 28.9. The van der Waals surface area contributed by atoms with E-state index in [1.165, 1.54) is 12.1 Å². The highest BCUT2D eigenvalue weighted by Crippen LogP contribution is 2.35. The van der Waals surface area contributed by atoms with Crippen molar-refractivity contribution in [1.82, 2.24) is 14.8 Å². The molecule has 0 aliphatic rings. The van der Waals surface area contributed by atoms with Crippen LogP contribution in [0, 0.1) is 4.77 Å². The highest BCUT2D eigenvalue weighted by atomic mass is 32.1. The first-order valence-corrected chi connectivity index (χ1v) is 9.35. The summed E-state index contributed by atoms with van der Waals surface area (Å²) in [6.45, 7) is 2.71. The Bertz CT molecular complexity index is 1210. The van der Waals surface area contributed by atoms with Crippen LogP contribution < -0.4 is 4.74 Å². The second-order valence-electron chi connectivity index (χ2n) is 6.37. The summed E-state index contributed by atoms with van der Waals surface area (Å²) in [5.74, 6) is 1.16. The molecule has 6 nitrogen and oxygen atoms in total. The number of phenols is 2. The van der Waals surface area contributed by atoms with Gasteiger partial charge < -0.3 is 14.9 Å². The van der Waals surface area contributed by atoms with Gasteiger partial charge in [-0.2, -0.15) is 5.10 Å². The zero-order valence-corrected chi connectivity index (χ0v) is 16.0. The number of rotatable bonds is 5. The summed E-state index contributed by atoms with van der Waals surface area (Å²) < 4.78 is 8.06. The minimum Gasteiger partial charge on any atom is -0.508 e. The van der Waals surface area contributed by atoms with Crippen LogP contribution in [-0.4, -0.2) is 31.6 Å². The van der Waals surface area contributed by atoms with Crippen LogP contribution in [0.5, 0.6) is 17.2 Å². The number of aromatic hydroxyl groups is 2. The van der Waals surface area contributed by atoms with Crippen molar-refractivity contribution in [2.45, 2.75) is 13.3 Å². The minimum absolute atomic E-state index is 0.0233. The lowest BCUT2D eigenvalue weighted by Crippen LogP contribution is -2.00. The maximum absolute atomic E-state index is 10.3. The molecule has 4 rings (SSSR count). The van der Waals surface area contributed by atoms with Gasteiger partial charge >= 0.3 is 0 Å². The van der Waals surface area contributed by atoms with Crippen LogP contribution in [0.1, 0.15) is 13.3 Å². The molecule has 7 heteroatoms. The zero-order valence-electron chi connectivity index (χ0n) is 15.2. The number of benzene rings is 3. The van der Waals surface area contributed by atoms with Crippen molar-refractivity contribution in [3.05, 3.63) is 59.4 Å². The third-order valence-corrected chi connectivity index (χ3v) is 4.73. The van der Waals surface area contributed by atoms with Crippen LogP contribution in [-0.2, 0) is 0 Å². The summed E-state index contributed by atoms with van der Waals surface area (Å²) >= 11 is 5.47. The second kappa shape index (κ2) is 7.36. The first-order chi connectivity index (χ1) is 13.6. The summed E-state index contributed by atoms with van der Waals surface area (Å²) in [7, 11) is 0. The lowest BCUT2D eigenvalue weighted by atomic mass is 10.1. The number of nitrogens with zero attached hydrogens (tertiary/aromatic N) is 2. The second-order valence-corrected chi connectivity index (χ2v) is 6.75. The maximum atomic E-state index is 10.3. The highest BCUT2D eigenvalue weighted by Gasteiger charge is 2.17. The quantitative estimate of drug-likeness (QED) is 0.418. The third kappa shape index (κ3) is 3.10. The maximum Gasteiger partial charge on any atom is 0.200 e. The molecule has 4 aromatic rings. The van der Waals surface area contributed by atoms with Gasteiger partial charge in [-0.15, -0.1) is 0 Å². The third-order valence-electron chi connectivity index (χ3n) is 4.46. The van der Waals surface area contributed by atoms with E-state index >= 15 is 0 Å². The van der Waals surface area contributed by atoms with Crippen molar-refractivity contribution in [2.75, 3.05) is 6.61 Å². The van der Waals surface area contributed by atoms with Crippen molar-refractivity contribution in [2.24, 2.45) is 0 Å². The molecule has 28 heavy (non-hydrogen) atoms. The van der Waals surface area contributed by atoms with Crippen LogP contribution in [0.2, 0.25) is 0 Å². The largest absolute Gasteiger partial charge is 0.508 e. The lowest BCUT2D eigenvalue weighted by molar-refractivity contribution is 0.321. The normalized spacial score (nSPS) is 11.0. The fraction of sp³-hybridized carbons (Fsp3) is 0.143. The molecule has 3 aromatic carbocycles. The predicted molar refractivity (Wildman–Crippen MR) is 111 cm³/mol. The van der Waals surface area contributed by atoms with E-state index in [1.807, 2.05) is 36.4 Å². The molecule has 0 spiro atoms. The van der Waals surface area contributed by atoms with Gasteiger partial charge in [-0.1, -0.05) is 31.2 Å². The molecule has 0 aliphatic heterocycles. The van der Waals surface area contributed by atoms with Gasteiger partial charge in [0.15, 0.2) is 10.6 Å². The Morgan fingerprint density at radius 2 is 1.86 bits per heavy atom. The SMILES string of the molecule is CCCOc1cccc2c(-n3c(-c4ccc(O)cc4O)n[nH]c3=S)cccc12. The van der Waals surface area contributed by atoms with Crippen molar-refractivity contribution < 1.29 is 14.9 Å². The van der Waals surface area contributed by atoms with Gasteiger partial charge in [0.2, 0.25) is 0 Å². The van der Waals surface area contributed by atoms with E-state index in [9.17, 15) is 10.2 Å². The highest BCUT2D eigenvalue weighted by molar-refractivity contribution is 7.71. The molecule has 0 atom stereocenters. The summed E-state index contributed by atoms with van der Waals surface area (Å²) in [4.78, 5) is 0. The van der Waals surface area contributed by atoms with E-state index in [0.717, 1.165) is 28.6 Å². The van der Waals surface area contributed by atoms with E-state index in [-0.39, 0.29) is 11.5 Å². The Kier molecular flexibility index (Phi) is 4.75. The molecule has 0 saturated heterocycles. The van der Waals surface area contributed by atoms with E-state index in [0.29, 0.717) is 22.8 Å². The molecule has 1 heterocycles. The number of H-pyrrole nitrogens is 1. The Balaban J connectivity index is 1.95. The summed E-state index contributed by atoms with van der Waals surface area (Å²) in [6.07, 6.45) is 0.924. The fourth-order valence-corrected chi connectivity index (χ4v) is 3.44. The Labute approximate surface area is 166 Å². The Morgan fingerprint density at radius 1 is 1.07 bits per heavy atom. The average Bonchev–Trinajstić information content (AvgIpc) is 3.07. The van der Waals surface area contributed by atoms with Crippen LogP contribution >= 0.6 is 12.2 Å². The number of fused-ring (bicyclic) bond motifs is 1. The molecule has 142 valence electrons. The van der Waals surface area contributed by atoms with Gasteiger partial charge in [-0.25, -0.2) is 0 Å². The number of nitrogens with one attached hydrogen (secondary N) is 1. The number of aromatic nitrogens is 3. The van der Waals surface area contributed by atoms with Crippen LogP contribution in [0.25, 0.3) is 27.8 Å². The molecular weight excluding hydrogens is 374 g/mol. The molecule has 3 N–H and O–H groups in total. The van der Waals surface area contributed by atoms with Crippen molar-refractivity contribution in [3.63, 3.8) is 0 Å².